The van der Waals surface area contributed by atoms with E-state index in [1.165, 1.54) is 10.8 Å². The number of pyridine rings is 2. The molecule has 0 saturated heterocycles. The van der Waals surface area contributed by atoms with Crippen LogP contribution in [-0.2, 0) is 7.05 Å². The van der Waals surface area contributed by atoms with E-state index in [1.54, 1.807) is 25.4 Å². The van der Waals surface area contributed by atoms with Crippen molar-refractivity contribution in [1.82, 2.24) is 9.55 Å². The van der Waals surface area contributed by atoms with E-state index in [-0.39, 0.29) is 5.56 Å². The monoisotopic (exact) mass is 194 g/mol. The molecule has 0 aliphatic heterocycles. The predicted molar refractivity (Wildman–Crippen MR) is 52.0 cm³/mol. The van der Waals surface area contributed by atoms with Gasteiger partial charge < -0.3 is 4.57 Å². The first kappa shape index (κ1) is 8.26. The van der Waals surface area contributed by atoms with Crippen molar-refractivity contribution in [3.63, 3.8) is 0 Å². The fourth-order valence-corrected chi connectivity index (χ4v) is 1.41. The molecule has 0 aliphatic rings. The number of aromatic nitrogens is 2. The second kappa shape index (κ2) is 2.85. The predicted octanol–water partition coefficient (Wildman–Crippen LogP) is 1.59. The first-order chi connectivity index (χ1) is 6.20. The van der Waals surface area contributed by atoms with E-state index in [0.717, 1.165) is 0 Å². The van der Waals surface area contributed by atoms with Crippen LogP contribution >= 0.6 is 11.6 Å². The summed E-state index contributed by atoms with van der Waals surface area (Å²) >= 11 is 5.89. The number of fused-ring (bicyclic) bond motifs is 1. The van der Waals surface area contributed by atoms with Gasteiger partial charge in [-0.15, -0.1) is 0 Å². The summed E-state index contributed by atoms with van der Waals surface area (Å²) in [6, 6.07) is 3.45. The lowest BCUT2D eigenvalue weighted by Crippen LogP contribution is -2.16. The molecule has 0 spiro atoms. The van der Waals surface area contributed by atoms with Gasteiger partial charge in [-0.1, -0.05) is 11.6 Å². The second-order valence-electron chi connectivity index (χ2n) is 2.79. The summed E-state index contributed by atoms with van der Waals surface area (Å²) in [6.45, 7) is 0. The van der Waals surface area contributed by atoms with Gasteiger partial charge in [-0.05, 0) is 12.1 Å². The molecule has 13 heavy (non-hydrogen) atoms. The van der Waals surface area contributed by atoms with E-state index in [4.69, 9.17) is 11.6 Å². The highest BCUT2D eigenvalue weighted by Gasteiger charge is 2.03. The highest BCUT2D eigenvalue weighted by molar-refractivity contribution is 6.35. The molecule has 0 atom stereocenters. The first-order valence-electron chi connectivity index (χ1n) is 3.80. The van der Waals surface area contributed by atoms with E-state index in [9.17, 15) is 4.79 Å². The first-order valence-corrected chi connectivity index (χ1v) is 4.18. The third-order valence-electron chi connectivity index (χ3n) is 1.92. The molecule has 0 radical (unpaired) electrons. The van der Waals surface area contributed by atoms with Gasteiger partial charge in [-0.2, -0.15) is 0 Å². The van der Waals surface area contributed by atoms with Gasteiger partial charge in [0, 0.05) is 24.8 Å². The molecule has 2 heterocycles. The minimum absolute atomic E-state index is 0.125. The zero-order valence-corrected chi connectivity index (χ0v) is 7.75. The molecule has 0 aromatic carbocycles. The zero-order valence-electron chi connectivity index (χ0n) is 6.99. The van der Waals surface area contributed by atoms with Crippen molar-refractivity contribution in [2.45, 2.75) is 0 Å². The minimum Gasteiger partial charge on any atom is -0.317 e. The SMILES string of the molecule is Cn1ccc2c(Cl)ccnc2c1=O. The lowest BCUT2D eigenvalue weighted by atomic mass is 10.2. The molecule has 0 fully saturated rings. The molecule has 0 unspecified atom stereocenters. The molecule has 66 valence electrons. The van der Waals surface area contributed by atoms with Crippen LogP contribution in [0.2, 0.25) is 5.02 Å². The molecule has 0 saturated carbocycles. The van der Waals surface area contributed by atoms with Crippen LogP contribution in [-0.4, -0.2) is 9.55 Å². The maximum Gasteiger partial charge on any atom is 0.276 e. The smallest absolute Gasteiger partial charge is 0.276 e. The fraction of sp³-hybridized carbons (Fsp3) is 0.111. The Balaban J connectivity index is 3.03. The van der Waals surface area contributed by atoms with Crippen molar-refractivity contribution >= 4 is 22.5 Å². The number of rotatable bonds is 0. The molecular weight excluding hydrogens is 188 g/mol. The molecule has 0 N–H and O–H groups in total. The van der Waals surface area contributed by atoms with Crippen LogP contribution in [0.15, 0.2) is 29.3 Å². The van der Waals surface area contributed by atoms with Crippen molar-refractivity contribution < 1.29 is 0 Å². The second-order valence-corrected chi connectivity index (χ2v) is 3.19. The third-order valence-corrected chi connectivity index (χ3v) is 2.25. The molecule has 3 nitrogen and oxygen atoms in total. The molecular formula is C9H7ClN2O. The number of hydrogen-bond donors (Lipinski definition) is 0. The largest absolute Gasteiger partial charge is 0.317 e. The molecule has 2 rings (SSSR count). The summed E-state index contributed by atoms with van der Waals surface area (Å²) in [5.41, 5.74) is 0.289. The number of hydrogen-bond acceptors (Lipinski definition) is 2. The maximum absolute atomic E-state index is 11.5. The van der Waals surface area contributed by atoms with E-state index in [0.29, 0.717) is 15.9 Å². The average molecular weight is 195 g/mol. The Morgan fingerprint density at radius 1 is 1.46 bits per heavy atom. The Morgan fingerprint density at radius 2 is 2.23 bits per heavy atom. The maximum atomic E-state index is 11.5. The van der Waals surface area contributed by atoms with Gasteiger partial charge >= 0.3 is 0 Å². The Morgan fingerprint density at radius 3 is 3.00 bits per heavy atom. The van der Waals surface area contributed by atoms with E-state index >= 15 is 0 Å². The summed E-state index contributed by atoms with van der Waals surface area (Å²) in [4.78, 5) is 15.5. The molecule has 0 aliphatic carbocycles. The Hall–Kier alpha value is -1.35. The standard InChI is InChI=1S/C9H7ClN2O/c1-12-5-3-6-7(10)2-4-11-8(6)9(12)13/h2-5H,1H3. The van der Waals surface area contributed by atoms with E-state index < -0.39 is 0 Å². The lowest BCUT2D eigenvalue weighted by molar-refractivity contribution is 0.869. The van der Waals surface area contributed by atoms with Crippen molar-refractivity contribution in [1.29, 1.82) is 0 Å². The van der Waals surface area contributed by atoms with E-state index in [2.05, 4.69) is 4.98 Å². The number of halogens is 1. The van der Waals surface area contributed by atoms with E-state index in [1.807, 2.05) is 0 Å². The Labute approximate surface area is 79.6 Å². The number of nitrogens with zero attached hydrogens (tertiary/aromatic N) is 2. The molecule has 2 aromatic heterocycles. The van der Waals surface area contributed by atoms with Gasteiger partial charge in [-0.3, -0.25) is 9.78 Å². The summed E-state index contributed by atoms with van der Waals surface area (Å²) in [5, 5.41) is 1.26. The van der Waals surface area contributed by atoms with Gasteiger partial charge in [0.25, 0.3) is 5.56 Å². The van der Waals surface area contributed by atoms with Crippen molar-refractivity contribution in [3.8, 4) is 0 Å². The fourth-order valence-electron chi connectivity index (χ4n) is 1.20. The van der Waals surface area contributed by atoms with Gasteiger partial charge in [0.15, 0.2) is 0 Å². The summed E-state index contributed by atoms with van der Waals surface area (Å²) in [5.74, 6) is 0. The number of aryl methyl sites for hydroxylation is 1. The van der Waals surface area contributed by atoms with Crippen molar-refractivity contribution in [2.24, 2.45) is 7.05 Å². The normalized spacial score (nSPS) is 10.6. The van der Waals surface area contributed by atoms with Crippen LogP contribution in [0.5, 0.6) is 0 Å². The van der Waals surface area contributed by atoms with Gasteiger partial charge in [0.2, 0.25) is 0 Å². The third kappa shape index (κ3) is 1.21. The van der Waals surface area contributed by atoms with Crippen molar-refractivity contribution in [2.75, 3.05) is 0 Å². The average Bonchev–Trinajstić information content (AvgIpc) is 2.12. The topological polar surface area (TPSA) is 34.9 Å². The zero-order chi connectivity index (χ0) is 9.42. The Kier molecular flexibility index (Phi) is 1.81. The van der Waals surface area contributed by atoms with Crippen LogP contribution < -0.4 is 5.56 Å². The summed E-state index contributed by atoms with van der Waals surface area (Å²) < 4.78 is 1.48. The molecule has 0 bridgehead atoms. The van der Waals surface area contributed by atoms with Crippen molar-refractivity contribution in [3.05, 3.63) is 39.9 Å². The summed E-state index contributed by atoms with van der Waals surface area (Å²) in [7, 11) is 1.68. The quantitative estimate of drug-likeness (QED) is 0.639. The summed E-state index contributed by atoms with van der Waals surface area (Å²) in [6.07, 6.45) is 3.21. The van der Waals surface area contributed by atoms with Crippen LogP contribution in [0.1, 0.15) is 0 Å². The van der Waals surface area contributed by atoms with Crippen LogP contribution in [0.25, 0.3) is 10.9 Å². The molecule has 0 amide bonds. The highest BCUT2D eigenvalue weighted by atomic mass is 35.5. The molecule has 4 heteroatoms. The Bertz CT molecular complexity index is 518. The van der Waals surface area contributed by atoms with Gasteiger partial charge in [-0.25, -0.2) is 0 Å². The van der Waals surface area contributed by atoms with Crippen LogP contribution in [0, 0.1) is 0 Å². The van der Waals surface area contributed by atoms with Gasteiger partial charge in [0.1, 0.15) is 5.52 Å². The van der Waals surface area contributed by atoms with Crippen LogP contribution in [0.4, 0.5) is 0 Å². The lowest BCUT2D eigenvalue weighted by Gasteiger charge is -2.00. The minimum atomic E-state index is -0.125. The highest BCUT2D eigenvalue weighted by Crippen LogP contribution is 2.17. The van der Waals surface area contributed by atoms with Crippen LogP contribution in [0.3, 0.4) is 0 Å². The van der Waals surface area contributed by atoms with Gasteiger partial charge in [0.05, 0.1) is 5.02 Å². The molecule has 2 aromatic rings.